The number of hydrogen-bond donors (Lipinski definition) is 0. The molecule has 8 nitrogen and oxygen atoms in total. The van der Waals surface area contributed by atoms with Crippen molar-refractivity contribution in [3.63, 3.8) is 0 Å². The van der Waals surface area contributed by atoms with E-state index in [0.717, 1.165) is 10.6 Å². The van der Waals surface area contributed by atoms with Crippen molar-refractivity contribution in [2.24, 2.45) is 0 Å². The minimum Gasteiger partial charge on any atom is -0.493 e. The van der Waals surface area contributed by atoms with Crippen LogP contribution in [0.5, 0.6) is 11.5 Å². The first-order valence-electron chi connectivity index (χ1n) is 10.6. The molecule has 4 rings (SSSR count). The highest BCUT2D eigenvalue weighted by Gasteiger charge is 2.14. The van der Waals surface area contributed by atoms with Gasteiger partial charge in [0.1, 0.15) is 17.4 Å². The van der Waals surface area contributed by atoms with E-state index in [2.05, 4.69) is 15.1 Å². The summed E-state index contributed by atoms with van der Waals surface area (Å²) in [5.41, 5.74) is 2.16. The Morgan fingerprint density at radius 3 is 2.65 bits per heavy atom. The first-order valence-corrected chi connectivity index (χ1v) is 11.4. The number of halogens is 1. The molecule has 2 aromatic carbocycles. The third-order valence-electron chi connectivity index (χ3n) is 4.76. The third-order valence-corrected chi connectivity index (χ3v) is 5.70. The number of ether oxygens (including phenoxy) is 3. The first kappa shape index (κ1) is 23.4. The van der Waals surface area contributed by atoms with Gasteiger partial charge in [0, 0.05) is 22.9 Å². The maximum Gasteiger partial charge on any atom is 0.306 e. The standard InChI is InChI=1S/C24H22FN3O5S/c1-3-31-19-9-6-16(12-20(19)30-2)24-26-18(14-34-24)13-32-22(29)11-10-21-27-23(28-33-21)15-4-7-17(25)8-5-15/h4-9,12,14H,3,10-11,13H2,1-2H3. The Labute approximate surface area is 199 Å². The quantitative estimate of drug-likeness (QED) is 0.288. The zero-order valence-electron chi connectivity index (χ0n) is 18.6. The maximum absolute atomic E-state index is 13.0. The minimum atomic E-state index is -0.404. The molecule has 0 saturated heterocycles. The third kappa shape index (κ3) is 5.76. The summed E-state index contributed by atoms with van der Waals surface area (Å²) < 4.78 is 34.5. The topological polar surface area (TPSA) is 96.6 Å². The molecule has 0 unspecified atom stereocenters. The number of aryl methyl sites for hydroxylation is 1. The average molecular weight is 484 g/mol. The van der Waals surface area contributed by atoms with Gasteiger partial charge in [-0.1, -0.05) is 5.16 Å². The van der Waals surface area contributed by atoms with Crippen molar-refractivity contribution in [3.8, 4) is 33.5 Å². The number of rotatable bonds is 10. The van der Waals surface area contributed by atoms with Crippen LogP contribution in [0.4, 0.5) is 4.39 Å². The molecule has 0 bridgehead atoms. The van der Waals surface area contributed by atoms with Gasteiger partial charge >= 0.3 is 5.97 Å². The summed E-state index contributed by atoms with van der Waals surface area (Å²) in [7, 11) is 1.59. The second-order valence-electron chi connectivity index (χ2n) is 7.12. The van der Waals surface area contributed by atoms with Crippen LogP contribution in [0.15, 0.2) is 52.4 Å². The predicted octanol–water partition coefficient (Wildman–Crippen LogP) is 5.08. The van der Waals surface area contributed by atoms with Crippen LogP contribution >= 0.6 is 11.3 Å². The molecule has 0 aliphatic rings. The van der Waals surface area contributed by atoms with Gasteiger partial charge in [-0.25, -0.2) is 9.37 Å². The Morgan fingerprint density at radius 1 is 1.09 bits per heavy atom. The highest BCUT2D eigenvalue weighted by Crippen LogP contribution is 2.34. The molecular weight excluding hydrogens is 461 g/mol. The number of thiazole rings is 1. The number of carbonyl (C=O) groups excluding carboxylic acids is 1. The Hall–Kier alpha value is -3.79. The average Bonchev–Trinajstić information content (AvgIpc) is 3.52. The van der Waals surface area contributed by atoms with Crippen molar-refractivity contribution in [2.75, 3.05) is 13.7 Å². The molecular formula is C24H22FN3O5S. The molecule has 2 heterocycles. The number of esters is 1. The fourth-order valence-corrected chi connectivity index (χ4v) is 3.89. The summed E-state index contributed by atoms with van der Waals surface area (Å²) in [4.78, 5) is 20.9. The van der Waals surface area contributed by atoms with E-state index in [1.807, 2.05) is 30.5 Å². The predicted molar refractivity (Wildman–Crippen MR) is 123 cm³/mol. The van der Waals surface area contributed by atoms with E-state index in [0.29, 0.717) is 41.1 Å². The second-order valence-corrected chi connectivity index (χ2v) is 7.98. The van der Waals surface area contributed by atoms with Gasteiger partial charge in [0.2, 0.25) is 11.7 Å². The number of hydrogen-bond acceptors (Lipinski definition) is 9. The molecule has 34 heavy (non-hydrogen) atoms. The minimum absolute atomic E-state index is 0.0637. The molecule has 2 aromatic heterocycles. The molecule has 0 fully saturated rings. The molecule has 0 aliphatic heterocycles. The van der Waals surface area contributed by atoms with Crippen LogP contribution in [0.1, 0.15) is 24.9 Å². The molecule has 0 amide bonds. The zero-order chi connectivity index (χ0) is 23.9. The lowest BCUT2D eigenvalue weighted by atomic mass is 10.2. The molecule has 4 aromatic rings. The van der Waals surface area contributed by atoms with Crippen LogP contribution in [0.25, 0.3) is 22.0 Å². The normalized spacial score (nSPS) is 10.8. The van der Waals surface area contributed by atoms with Gasteiger partial charge in [-0.3, -0.25) is 4.79 Å². The Balaban J connectivity index is 1.28. The SMILES string of the molecule is CCOc1ccc(-c2nc(COC(=O)CCc3nc(-c4ccc(F)cc4)no3)cs2)cc1OC. The van der Waals surface area contributed by atoms with Crippen molar-refractivity contribution in [1.29, 1.82) is 0 Å². The fourth-order valence-electron chi connectivity index (χ4n) is 3.09. The van der Waals surface area contributed by atoms with Gasteiger partial charge in [0.15, 0.2) is 11.5 Å². The van der Waals surface area contributed by atoms with E-state index in [-0.39, 0.29) is 25.3 Å². The molecule has 176 valence electrons. The molecule has 0 saturated carbocycles. The Kier molecular flexibility index (Phi) is 7.48. The highest BCUT2D eigenvalue weighted by molar-refractivity contribution is 7.13. The number of carbonyl (C=O) groups is 1. The van der Waals surface area contributed by atoms with Gasteiger partial charge in [-0.05, 0) is 49.4 Å². The summed E-state index contributed by atoms with van der Waals surface area (Å²) in [6.07, 6.45) is 0.319. The molecule has 0 spiro atoms. The first-order chi connectivity index (χ1) is 16.6. The number of benzene rings is 2. The fraction of sp³-hybridized carbons (Fsp3) is 0.250. The van der Waals surface area contributed by atoms with Crippen molar-refractivity contribution >= 4 is 17.3 Å². The molecule has 0 radical (unpaired) electrons. The monoisotopic (exact) mass is 483 g/mol. The second kappa shape index (κ2) is 10.9. The molecule has 10 heteroatoms. The van der Waals surface area contributed by atoms with E-state index < -0.39 is 5.97 Å². The lowest BCUT2D eigenvalue weighted by Crippen LogP contribution is -2.06. The van der Waals surface area contributed by atoms with E-state index in [1.54, 1.807) is 19.2 Å². The van der Waals surface area contributed by atoms with Crippen LogP contribution < -0.4 is 9.47 Å². The number of nitrogens with zero attached hydrogens (tertiary/aromatic N) is 3. The van der Waals surface area contributed by atoms with Gasteiger partial charge in [0.25, 0.3) is 0 Å². The number of aromatic nitrogens is 3. The summed E-state index contributed by atoms with van der Waals surface area (Å²) in [6.45, 7) is 2.52. The van der Waals surface area contributed by atoms with Crippen molar-refractivity contribution in [1.82, 2.24) is 15.1 Å². The summed E-state index contributed by atoms with van der Waals surface area (Å²) in [5, 5.41) is 6.49. The van der Waals surface area contributed by atoms with E-state index >= 15 is 0 Å². The zero-order valence-corrected chi connectivity index (χ0v) is 19.4. The van der Waals surface area contributed by atoms with Gasteiger partial charge in [-0.2, -0.15) is 4.98 Å². The molecule has 0 aliphatic carbocycles. The van der Waals surface area contributed by atoms with Crippen LogP contribution in [-0.4, -0.2) is 34.8 Å². The summed E-state index contributed by atoms with van der Waals surface area (Å²) >= 11 is 1.45. The Morgan fingerprint density at radius 2 is 1.88 bits per heavy atom. The van der Waals surface area contributed by atoms with Crippen LogP contribution in [0.2, 0.25) is 0 Å². The lowest BCUT2D eigenvalue weighted by Gasteiger charge is -2.09. The largest absolute Gasteiger partial charge is 0.493 e. The van der Waals surface area contributed by atoms with Crippen molar-refractivity contribution < 1.29 is 27.9 Å². The van der Waals surface area contributed by atoms with Crippen LogP contribution in [0.3, 0.4) is 0 Å². The summed E-state index contributed by atoms with van der Waals surface area (Å²) in [5.74, 6) is 1.19. The van der Waals surface area contributed by atoms with E-state index in [1.165, 1.54) is 23.5 Å². The highest BCUT2D eigenvalue weighted by atomic mass is 32.1. The lowest BCUT2D eigenvalue weighted by molar-refractivity contribution is -0.145. The van der Waals surface area contributed by atoms with E-state index in [4.69, 9.17) is 18.7 Å². The summed E-state index contributed by atoms with van der Waals surface area (Å²) in [6, 6.07) is 11.4. The maximum atomic E-state index is 13.0. The van der Waals surface area contributed by atoms with Crippen molar-refractivity contribution in [2.45, 2.75) is 26.4 Å². The van der Waals surface area contributed by atoms with E-state index in [9.17, 15) is 9.18 Å². The Bertz CT molecular complexity index is 1260. The molecule has 0 N–H and O–H groups in total. The van der Waals surface area contributed by atoms with Gasteiger partial charge in [-0.15, -0.1) is 11.3 Å². The smallest absolute Gasteiger partial charge is 0.306 e. The van der Waals surface area contributed by atoms with Gasteiger partial charge in [0.05, 0.1) is 25.8 Å². The van der Waals surface area contributed by atoms with Gasteiger partial charge < -0.3 is 18.7 Å². The number of methoxy groups -OCH3 is 1. The van der Waals surface area contributed by atoms with Crippen LogP contribution in [0, 0.1) is 5.82 Å². The molecule has 0 atom stereocenters. The van der Waals surface area contributed by atoms with Crippen LogP contribution in [-0.2, 0) is 22.6 Å². The van der Waals surface area contributed by atoms with Crippen molar-refractivity contribution in [3.05, 3.63) is 65.2 Å².